The summed E-state index contributed by atoms with van der Waals surface area (Å²) in [7, 11) is -4.09. The monoisotopic (exact) mass is 463 g/mol. The molecule has 3 aromatic rings. The standard InChI is InChI=1S/C21H23FN3O6P/c22-15-5-3-13(4-6-15)9-14-10-17-19(24-11-14)16(12-26)18(21(28)25-17)20(27)23-7-1-2-8-32(29,30)31/h3-6,10-11,26H,1-2,7-9,12H2,(H,23,27)(H,25,28)(H2,29,30,31). The minimum Gasteiger partial charge on any atom is -0.392 e. The molecule has 1 amide bonds. The highest BCUT2D eigenvalue weighted by molar-refractivity contribution is 7.51. The number of rotatable bonds is 9. The van der Waals surface area contributed by atoms with Crippen LogP contribution in [0.25, 0.3) is 11.0 Å². The number of nitrogens with one attached hydrogen (secondary N) is 2. The summed E-state index contributed by atoms with van der Waals surface area (Å²) < 4.78 is 23.9. The average molecular weight is 463 g/mol. The van der Waals surface area contributed by atoms with E-state index in [0.717, 1.165) is 11.1 Å². The highest BCUT2D eigenvalue weighted by Crippen LogP contribution is 2.35. The van der Waals surface area contributed by atoms with Gasteiger partial charge in [-0.25, -0.2) is 4.39 Å². The van der Waals surface area contributed by atoms with Crippen LogP contribution in [0, 0.1) is 5.82 Å². The highest BCUT2D eigenvalue weighted by Gasteiger charge is 2.20. The molecule has 3 rings (SSSR count). The predicted molar refractivity (Wildman–Crippen MR) is 116 cm³/mol. The number of H-pyrrole nitrogens is 1. The van der Waals surface area contributed by atoms with E-state index in [-0.39, 0.29) is 41.6 Å². The molecule has 0 radical (unpaired) electrons. The summed E-state index contributed by atoms with van der Waals surface area (Å²) in [6.45, 7) is -0.461. The summed E-state index contributed by atoms with van der Waals surface area (Å²) in [5.41, 5.74) is 1.39. The summed E-state index contributed by atoms with van der Waals surface area (Å²) in [5.74, 6) is -1.04. The zero-order valence-electron chi connectivity index (χ0n) is 17.0. The van der Waals surface area contributed by atoms with Crippen molar-refractivity contribution in [3.8, 4) is 0 Å². The molecule has 2 heterocycles. The van der Waals surface area contributed by atoms with Crippen molar-refractivity contribution in [1.82, 2.24) is 15.3 Å². The first-order chi connectivity index (χ1) is 15.2. The molecule has 5 N–H and O–H groups in total. The summed E-state index contributed by atoms with van der Waals surface area (Å²) in [6.07, 6.45) is 2.26. The zero-order valence-corrected chi connectivity index (χ0v) is 17.9. The second-order valence-electron chi connectivity index (χ2n) is 7.36. The highest BCUT2D eigenvalue weighted by atomic mass is 31.2. The molecule has 9 nitrogen and oxygen atoms in total. The third-order valence-electron chi connectivity index (χ3n) is 4.88. The lowest BCUT2D eigenvalue weighted by Gasteiger charge is -2.11. The molecule has 32 heavy (non-hydrogen) atoms. The molecule has 170 valence electrons. The van der Waals surface area contributed by atoms with Gasteiger partial charge in [0.25, 0.3) is 11.5 Å². The van der Waals surface area contributed by atoms with Gasteiger partial charge in [-0.3, -0.25) is 19.1 Å². The van der Waals surface area contributed by atoms with Crippen LogP contribution in [-0.4, -0.2) is 43.5 Å². The predicted octanol–water partition coefficient (Wildman–Crippen LogP) is 1.83. The van der Waals surface area contributed by atoms with E-state index in [4.69, 9.17) is 9.79 Å². The fraction of sp³-hybridized carbons (Fsp3) is 0.286. The fourth-order valence-electron chi connectivity index (χ4n) is 3.35. The maximum absolute atomic E-state index is 13.1. The number of carbonyl (C=O) groups is 1. The van der Waals surface area contributed by atoms with Crippen LogP contribution in [0.5, 0.6) is 0 Å². The van der Waals surface area contributed by atoms with Gasteiger partial charge in [0.15, 0.2) is 0 Å². The Balaban J connectivity index is 1.79. The van der Waals surface area contributed by atoms with Crippen LogP contribution in [0.3, 0.4) is 0 Å². The Morgan fingerprint density at radius 2 is 1.88 bits per heavy atom. The molecule has 2 aromatic heterocycles. The number of pyridine rings is 2. The maximum atomic E-state index is 13.1. The van der Waals surface area contributed by atoms with E-state index in [2.05, 4.69) is 15.3 Å². The molecule has 0 aliphatic rings. The van der Waals surface area contributed by atoms with Crippen molar-refractivity contribution >= 4 is 24.5 Å². The SMILES string of the molecule is O=C(NCCCCP(=O)(O)O)c1c(CO)c2ncc(Cc3ccc(F)cc3)cc2[nH]c1=O. The molecule has 0 bridgehead atoms. The van der Waals surface area contributed by atoms with Crippen molar-refractivity contribution in [3.05, 3.63) is 75.0 Å². The second kappa shape index (κ2) is 10.1. The van der Waals surface area contributed by atoms with Crippen LogP contribution in [0.1, 0.15) is 39.9 Å². The van der Waals surface area contributed by atoms with E-state index in [1.807, 2.05) is 0 Å². The van der Waals surface area contributed by atoms with E-state index in [0.29, 0.717) is 18.4 Å². The van der Waals surface area contributed by atoms with Crippen LogP contribution in [0.2, 0.25) is 0 Å². The van der Waals surface area contributed by atoms with Gasteiger partial charge < -0.3 is 25.2 Å². The van der Waals surface area contributed by atoms with E-state index < -0.39 is 25.7 Å². The quantitative estimate of drug-likeness (QED) is 0.240. The van der Waals surface area contributed by atoms with E-state index >= 15 is 0 Å². The number of carbonyl (C=O) groups excluding carboxylic acids is 1. The number of nitrogens with zero attached hydrogens (tertiary/aromatic N) is 1. The molecule has 11 heteroatoms. The number of hydrogen-bond donors (Lipinski definition) is 5. The van der Waals surface area contributed by atoms with Gasteiger partial charge in [0, 0.05) is 24.5 Å². The number of hydrogen-bond acceptors (Lipinski definition) is 5. The first-order valence-electron chi connectivity index (χ1n) is 9.90. The fourth-order valence-corrected chi connectivity index (χ4v) is 3.98. The van der Waals surface area contributed by atoms with Crippen LogP contribution in [0.4, 0.5) is 4.39 Å². The van der Waals surface area contributed by atoms with Crippen molar-refractivity contribution in [2.45, 2.75) is 25.9 Å². The largest absolute Gasteiger partial charge is 0.392 e. The smallest absolute Gasteiger partial charge is 0.325 e. The third kappa shape index (κ3) is 6.08. The maximum Gasteiger partial charge on any atom is 0.325 e. The topological polar surface area (TPSA) is 153 Å². The van der Waals surface area contributed by atoms with Crippen LogP contribution in [-0.2, 0) is 17.6 Å². The number of unbranched alkanes of at least 4 members (excludes halogenated alkanes) is 1. The Kier molecular flexibility index (Phi) is 7.52. The zero-order chi connectivity index (χ0) is 23.3. The normalized spacial score (nSPS) is 11.6. The molecule has 0 aliphatic heterocycles. The summed E-state index contributed by atoms with van der Waals surface area (Å²) in [6, 6.07) is 7.69. The number of aliphatic hydroxyl groups excluding tert-OH is 1. The van der Waals surface area contributed by atoms with Gasteiger partial charge in [-0.05, 0) is 48.6 Å². The minimum absolute atomic E-state index is 0.0878. The summed E-state index contributed by atoms with van der Waals surface area (Å²) in [4.78, 5) is 49.7. The van der Waals surface area contributed by atoms with Crippen molar-refractivity contribution in [2.75, 3.05) is 12.7 Å². The Morgan fingerprint density at radius 1 is 1.16 bits per heavy atom. The lowest BCUT2D eigenvalue weighted by atomic mass is 10.0. The van der Waals surface area contributed by atoms with Gasteiger partial charge in [-0.15, -0.1) is 0 Å². The first kappa shape index (κ1) is 23.7. The lowest BCUT2D eigenvalue weighted by molar-refractivity contribution is 0.0948. The van der Waals surface area contributed by atoms with Crippen LogP contribution in [0.15, 0.2) is 41.3 Å². The Bertz CT molecular complexity index is 1220. The Labute approximate surface area is 182 Å². The van der Waals surface area contributed by atoms with Crippen molar-refractivity contribution in [3.63, 3.8) is 0 Å². The summed E-state index contributed by atoms with van der Waals surface area (Å²) >= 11 is 0. The van der Waals surface area contributed by atoms with Crippen molar-refractivity contribution in [1.29, 1.82) is 0 Å². The average Bonchev–Trinajstić information content (AvgIpc) is 2.73. The summed E-state index contributed by atoms with van der Waals surface area (Å²) in [5, 5.41) is 12.4. The number of aromatic nitrogens is 2. The van der Waals surface area contributed by atoms with Crippen molar-refractivity contribution < 1.29 is 28.6 Å². The second-order valence-corrected chi connectivity index (χ2v) is 9.14. The molecule has 0 atom stereocenters. The van der Waals surface area contributed by atoms with Crippen LogP contribution >= 0.6 is 7.60 Å². The van der Waals surface area contributed by atoms with Gasteiger partial charge in [0.05, 0.1) is 17.6 Å². The number of aromatic amines is 1. The van der Waals surface area contributed by atoms with Gasteiger partial charge in [-0.2, -0.15) is 0 Å². The number of aliphatic hydroxyl groups is 1. The molecule has 1 aromatic carbocycles. The molecular weight excluding hydrogens is 440 g/mol. The lowest BCUT2D eigenvalue weighted by Crippen LogP contribution is -2.32. The Morgan fingerprint density at radius 3 is 2.53 bits per heavy atom. The van der Waals surface area contributed by atoms with E-state index in [1.165, 1.54) is 12.1 Å². The Hall–Kier alpha value is -2.91. The van der Waals surface area contributed by atoms with Gasteiger partial charge in [-0.1, -0.05) is 12.1 Å². The molecular formula is C21H23FN3O6P. The molecule has 0 unspecified atom stereocenters. The molecule has 0 saturated heterocycles. The number of fused-ring (bicyclic) bond motifs is 1. The van der Waals surface area contributed by atoms with E-state index in [9.17, 15) is 23.7 Å². The number of amides is 1. The van der Waals surface area contributed by atoms with Crippen LogP contribution < -0.4 is 10.9 Å². The first-order valence-corrected chi connectivity index (χ1v) is 11.7. The van der Waals surface area contributed by atoms with E-state index in [1.54, 1.807) is 24.4 Å². The molecule has 0 saturated carbocycles. The van der Waals surface area contributed by atoms with Gasteiger partial charge in [0.1, 0.15) is 11.4 Å². The molecule has 0 spiro atoms. The number of halogens is 1. The van der Waals surface area contributed by atoms with Gasteiger partial charge >= 0.3 is 7.60 Å². The minimum atomic E-state index is -4.09. The van der Waals surface area contributed by atoms with Gasteiger partial charge in [0.2, 0.25) is 0 Å². The third-order valence-corrected chi connectivity index (χ3v) is 5.77. The number of benzene rings is 1. The van der Waals surface area contributed by atoms with Crippen molar-refractivity contribution in [2.24, 2.45) is 0 Å². The molecule has 0 fully saturated rings. The molecule has 0 aliphatic carbocycles.